The first kappa shape index (κ1) is 22.3. The zero-order chi connectivity index (χ0) is 22.2. The van der Waals surface area contributed by atoms with Crippen LogP contribution in [0.15, 0.2) is 76.8 Å². The molecule has 0 atom stereocenters. The van der Waals surface area contributed by atoms with Gasteiger partial charge in [0.15, 0.2) is 5.82 Å². The van der Waals surface area contributed by atoms with Crippen molar-refractivity contribution in [3.63, 3.8) is 0 Å². The van der Waals surface area contributed by atoms with Gasteiger partial charge >= 0.3 is 0 Å². The van der Waals surface area contributed by atoms with E-state index in [-0.39, 0.29) is 5.82 Å². The Balaban J connectivity index is 0.000000491. The summed E-state index contributed by atoms with van der Waals surface area (Å²) in [6, 6.07) is 11.6. The fourth-order valence-corrected chi connectivity index (χ4v) is 3.78. The lowest BCUT2D eigenvalue weighted by Crippen LogP contribution is -2.05. The van der Waals surface area contributed by atoms with Crippen LogP contribution in [-0.2, 0) is 0 Å². The molecule has 0 spiro atoms. The molecule has 1 aliphatic rings. The van der Waals surface area contributed by atoms with Crippen LogP contribution in [0.5, 0.6) is 0 Å². The van der Waals surface area contributed by atoms with Gasteiger partial charge < -0.3 is 4.57 Å². The zero-order valence-electron chi connectivity index (χ0n) is 17.7. The fraction of sp³-hybridized carbons (Fsp3) is 0.154. The van der Waals surface area contributed by atoms with Crippen LogP contribution in [0, 0.1) is 25.1 Å². The number of rotatable bonds is 4. The molecule has 1 aromatic carbocycles. The molecule has 0 aliphatic heterocycles. The lowest BCUT2D eigenvalue weighted by Gasteiger charge is -2.15. The lowest BCUT2D eigenvalue weighted by atomic mass is 10.1. The molecule has 3 aromatic rings. The highest BCUT2D eigenvalue weighted by atomic mass is 32.2. The van der Waals surface area contributed by atoms with Gasteiger partial charge in [0.1, 0.15) is 5.69 Å². The molecule has 0 N–H and O–H groups in total. The van der Waals surface area contributed by atoms with Gasteiger partial charge in [-0.05, 0) is 56.2 Å². The summed E-state index contributed by atoms with van der Waals surface area (Å²) in [5.41, 5.74) is 3.56. The summed E-state index contributed by atoms with van der Waals surface area (Å²) in [5, 5.41) is 0.814. The molecule has 0 saturated carbocycles. The molecule has 4 rings (SSSR count). The van der Waals surface area contributed by atoms with Crippen molar-refractivity contribution in [3.8, 4) is 18.0 Å². The number of pyridine rings is 1. The van der Waals surface area contributed by atoms with Gasteiger partial charge in [-0.2, -0.15) is 0 Å². The Kier molecular flexibility index (Phi) is 7.64. The van der Waals surface area contributed by atoms with Crippen LogP contribution in [0.4, 0.5) is 4.39 Å². The van der Waals surface area contributed by atoms with E-state index < -0.39 is 0 Å². The standard InChI is InChI=1S/C22H19FN2S.C4H5N/c1-15-7-6-14-25(15)22-18-10-3-4-11-19(18)24-21(20(22)23)16-8-5-9-17(26-2)13-12-16;1-3-4-5-2/h3-4,6-14H,5H2,1-2H3;1H,2,4H2. The second kappa shape index (κ2) is 10.6. The molecular weight excluding hydrogens is 405 g/mol. The molecule has 0 amide bonds. The topological polar surface area (TPSA) is 30.2 Å². The lowest BCUT2D eigenvalue weighted by molar-refractivity contribution is 0.610. The molecule has 0 bridgehead atoms. The number of halogens is 1. The van der Waals surface area contributed by atoms with E-state index in [9.17, 15) is 0 Å². The summed E-state index contributed by atoms with van der Waals surface area (Å²) in [5.74, 6) is 2.00. The van der Waals surface area contributed by atoms with Crippen LogP contribution in [0.1, 0.15) is 17.8 Å². The number of hydrogen-bond acceptors (Lipinski definition) is 3. The first-order valence-corrected chi connectivity index (χ1v) is 11.0. The van der Waals surface area contributed by atoms with Gasteiger partial charge in [0.2, 0.25) is 0 Å². The van der Waals surface area contributed by atoms with E-state index in [1.54, 1.807) is 11.8 Å². The van der Waals surface area contributed by atoms with Gasteiger partial charge in [0, 0.05) is 22.2 Å². The molecular formula is C26H24FN3S. The van der Waals surface area contributed by atoms with E-state index in [0.717, 1.165) is 28.6 Å². The van der Waals surface area contributed by atoms with Crippen molar-refractivity contribution in [1.29, 1.82) is 0 Å². The van der Waals surface area contributed by atoms with Crippen molar-refractivity contribution in [3.05, 3.63) is 89.0 Å². The van der Waals surface area contributed by atoms with Gasteiger partial charge in [-0.3, -0.25) is 4.99 Å². The summed E-state index contributed by atoms with van der Waals surface area (Å²) in [6.45, 7) is 5.57. The van der Waals surface area contributed by atoms with Crippen LogP contribution < -0.4 is 0 Å². The Labute approximate surface area is 187 Å². The minimum Gasteiger partial charge on any atom is -0.318 e. The first-order chi connectivity index (χ1) is 15.1. The monoisotopic (exact) mass is 429 g/mol. The van der Waals surface area contributed by atoms with Crippen LogP contribution in [0.25, 0.3) is 22.2 Å². The highest BCUT2D eigenvalue weighted by molar-refractivity contribution is 8.02. The van der Waals surface area contributed by atoms with E-state index >= 15 is 4.39 Å². The van der Waals surface area contributed by atoms with E-state index in [4.69, 9.17) is 6.42 Å². The van der Waals surface area contributed by atoms with E-state index in [1.807, 2.05) is 78.6 Å². The van der Waals surface area contributed by atoms with Crippen molar-refractivity contribution in [2.45, 2.75) is 13.3 Å². The van der Waals surface area contributed by atoms with Crippen molar-refractivity contribution in [1.82, 2.24) is 9.55 Å². The predicted octanol–water partition coefficient (Wildman–Crippen LogP) is 6.38. The number of nitrogens with zero attached hydrogens (tertiary/aromatic N) is 3. The Morgan fingerprint density at radius 3 is 2.68 bits per heavy atom. The van der Waals surface area contributed by atoms with Crippen LogP contribution in [-0.4, -0.2) is 29.1 Å². The minimum atomic E-state index is -0.286. The average molecular weight is 430 g/mol. The molecule has 1 aliphatic carbocycles. The third-order valence-corrected chi connectivity index (χ3v) is 5.57. The van der Waals surface area contributed by atoms with Crippen molar-refractivity contribution < 1.29 is 4.39 Å². The maximum Gasteiger partial charge on any atom is 0.174 e. The van der Waals surface area contributed by atoms with Crippen molar-refractivity contribution >= 4 is 35.0 Å². The van der Waals surface area contributed by atoms with E-state index in [0.29, 0.717) is 17.9 Å². The summed E-state index contributed by atoms with van der Waals surface area (Å²) in [4.78, 5) is 9.20. The quantitative estimate of drug-likeness (QED) is 0.356. The van der Waals surface area contributed by atoms with Gasteiger partial charge in [0.05, 0.1) is 17.7 Å². The number of fused-ring (bicyclic) bond motifs is 1. The van der Waals surface area contributed by atoms with Crippen molar-refractivity contribution in [2.24, 2.45) is 4.99 Å². The normalized spacial score (nSPS) is 12.8. The third-order valence-electron chi connectivity index (χ3n) is 4.80. The number of aryl methyl sites for hydroxylation is 1. The van der Waals surface area contributed by atoms with Gasteiger partial charge in [-0.25, -0.2) is 9.37 Å². The summed E-state index contributed by atoms with van der Waals surface area (Å²) >= 11 is 1.69. The predicted molar refractivity (Wildman–Crippen MR) is 132 cm³/mol. The number of para-hydroxylation sites is 1. The van der Waals surface area contributed by atoms with E-state index in [1.165, 1.54) is 4.91 Å². The highest BCUT2D eigenvalue weighted by Gasteiger charge is 2.19. The average Bonchev–Trinajstić information content (AvgIpc) is 3.06. The smallest absolute Gasteiger partial charge is 0.174 e. The molecule has 156 valence electrons. The highest BCUT2D eigenvalue weighted by Crippen LogP contribution is 2.32. The Bertz CT molecular complexity index is 1230. The second-order valence-electron chi connectivity index (χ2n) is 6.78. The number of aromatic nitrogens is 2. The fourth-order valence-electron chi connectivity index (χ4n) is 3.32. The number of aliphatic imine (C=N–C) groups is 1. The summed E-state index contributed by atoms with van der Waals surface area (Å²) < 4.78 is 17.6. The maximum absolute atomic E-state index is 15.7. The number of thioether (sulfide) groups is 1. The molecule has 0 unspecified atom stereocenters. The zero-order valence-corrected chi connectivity index (χ0v) is 18.5. The maximum atomic E-state index is 15.7. The molecule has 2 heterocycles. The third kappa shape index (κ3) is 5.04. The molecule has 2 aromatic heterocycles. The number of allylic oxidation sites excluding steroid dienone is 5. The van der Waals surface area contributed by atoms with Gasteiger partial charge in [0.25, 0.3) is 0 Å². The Morgan fingerprint density at radius 1 is 1.23 bits per heavy atom. The van der Waals surface area contributed by atoms with Crippen LogP contribution in [0.2, 0.25) is 0 Å². The Hall–Kier alpha value is -3.36. The van der Waals surface area contributed by atoms with Crippen LogP contribution in [0.3, 0.4) is 0 Å². The summed E-state index contributed by atoms with van der Waals surface area (Å²) in [7, 11) is 0. The second-order valence-corrected chi connectivity index (χ2v) is 7.66. The van der Waals surface area contributed by atoms with Crippen LogP contribution >= 0.6 is 11.8 Å². The largest absolute Gasteiger partial charge is 0.318 e. The molecule has 5 heteroatoms. The number of terminal acetylenes is 1. The van der Waals surface area contributed by atoms with Gasteiger partial charge in [-0.15, -0.1) is 18.2 Å². The SMILES string of the molecule is C#CCN=C.CSC1=CCC=C(c2nc3ccccc3c(-n3cccc3C)c2F)C=C1. The molecule has 31 heavy (non-hydrogen) atoms. The first-order valence-electron chi connectivity index (χ1n) is 9.82. The Morgan fingerprint density at radius 2 is 2.03 bits per heavy atom. The minimum absolute atomic E-state index is 0.286. The number of benzene rings is 1. The molecule has 3 nitrogen and oxygen atoms in total. The van der Waals surface area contributed by atoms with E-state index in [2.05, 4.69) is 28.7 Å². The molecule has 0 radical (unpaired) electrons. The summed E-state index contributed by atoms with van der Waals surface area (Å²) in [6.07, 6.45) is 17.6. The van der Waals surface area contributed by atoms with Crippen molar-refractivity contribution in [2.75, 3.05) is 12.8 Å². The number of hydrogen-bond donors (Lipinski definition) is 0. The van der Waals surface area contributed by atoms with Gasteiger partial charge in [-0.1, -0.05) is 42.3 Å². The molecule has 0 fully saturated rings. The molecule has 0 saturated heterocycles.